The molecule has 4 heteroatoms. The zero-order valence-corrected chi connectivity index (χ0v) is 13.8. The predicted octanol–water partition coefficient (Wildman–Crippen LogP) is 2.31. The van der Waals surface area contributed by atoms with E-state index < -0.39 is 0 Å². The van der Waals surface area contributed by atoms with Crippen molar-refractivity contribution in [1.29, 1.82) is 0 Å². The molecule has 1 aromatic rings. The maximum absolute atomic E-state index is 13.2. The molecule has 1 aliphatic carbocycles. The molecule has 3 rings (SSSR count). The van der Waals surface area contributed by atoms with E-state index in [1.54, 1.807) is 7.11 Å². The number of hydrogen-bond donors (Lipinski definition) is 1. The number of para-hydroxylation sites is 1. The van der Waals surface area contributed by atoms with E-state index in [9.17, 15) is 4.79 Å². The predicted molar refractivity (Wildman–Crippen MR) is 86.9 cm³/mol. The van der Waals surface area contributed by atoms with Crippen molar-refractivity contribution in [2.75, 3.05) is 20.2 Å². The Morgan fingerprint density at radius 2 is 2.00 bits per heavy atom. The summed E-state index contributed by atoms with van der Waals surface area (Å²) in [6.45, 7) is 5.81. The topological polar surface area (TPSA) is 55.6 Å². The van der Waals surface area contributed by atoms with Gasteiger partial charge in [0.1, 0.15) is 5.75 Å². The van der Waals surface area contributed by atoms with Crippen molar-refractivity contribution >= 4 is 5.91 Å². The van der Waals surface area contributed by atoms with Gasteiger partial charge in [-0.1, -0.05) is 32.0 Å². The van der Waals surface area contributed by atoms with Crippen LogP contribution in [0.4, 0.5) is 0 Å². The number of carbonyl (C=O) groups is 1. The molecule has 0 spiro atoms. The van der Waals surface area contributed by atoms with E-state index in [1.165, 1.54) is 0 Å². The normalized spacial score (nSPS) is 25.6. The molecule has 0 radical (unpaired) electrons. The molecule has 1 saturated carbocycles. The highest BCUT2D eigenvalue weighted by molar-refractivity contribution is 5.92. The summed E-state index contributed by atoms with van der Waals surface area (Å²) in [4.78, 5) is 15.2. The lowest BCUT2D eigenvalue weighted by atomic mass is 9.79. The van der Waals surface area contributed by atoms with E-state index in [1.807, 2.05) is 29.2 Å². The summed E-state index contributed by atoms with van der Waals surface area (Å²) in [5, 5.41) is 0. The summed E-state index contributed by atoms with van der Waals surface area (Å²) in [6.07, 6.45) is 2.70. The lowest BCUT2D eigenvalue weighted by molar-refractivity contribution is -0.137. The van der Waals surface area contributed by atoms with Crippen LogP contribution < -0.4 is 10.5 Å². The molecular weight excluding hydrogens is 276 g/mol. The lowest BCUT2D eigenvalue weighted by Gasteiger charge is -2.43. The molecular formula is C18H26N2O2. The number of nitrogens with two attached hydrogens (primary N) is 1. The first-order chi connectivity index (χ1) is 10.4. The van der Waals surface area contributed by atoms with Crippen LogP contribution in [0.3, 0.4) is 0 Å². The van der Waals surface area contributed by atoms with E-state index >= 15 is 0 Å². The van der Waals surface area contributed by atoms with Crippen molar-refractivity contribution in [2.45, 2.75) is 44.6 Å². The molecule has 1 saturated heterocycles. The number of rotatable bonds is 3. The fourth-order valence-electron chi connectivity index (χ4n) is 3.61. The number of carbonyl (C=O) groups excluding carboxylic acids is 1. The van der Waals surface area contributed by atoms with Gasteiger partial charge in [0.25, 0.3) is 0 Å². The number of methoxy groups -OCH3 is 1. The SMILES string of the molecule is COc1ccccc1C1(C(=O)N2CCC(N)C(C)(C)C2)CC1. The van der Waals surface area contributed by atoms with E-state index in [0.29, 0.717) is 0 Å². The van der Waals surface area contributed by atoms with Gasteiger partial charge in [0, 0.05) is 24.7 Å². The average molecular weight is 302 g/mol. The summed E-state index contributed by atoms with van der Waals surface area (Å²) in [7, 11) is 1.67. The Balaban J connectivity index is 1.86. The maximum Gasteiger partial charge on any atom is 0.233 e. The molecule has 1 aromatic carbocycles. The molecule has 4 nitrogen and oxygen atoms in total. The Labute approximate surface area is 132 Å². The van der Waals surface area contributed by atoms with Gasteiger partial charge >= 0.3 is 0 Å². The van der Waals surface area contributed by atoms with Crippen molar-refractivity contribution in [1.82, 2.24) is 4.90 Å². The van der Waals surface area contributed by atoms with Crippen LogP contribution in [-0.2, 0) is 10.2 Å². The second kappa shape index (κ2) is 5.27. The zero-order chi connectivity index (χ0) is 16.0. The highest BCUT2D eigenvalue weighted by atomic mass is 16.5. The highest BCUT2D eigenvalue weighted by Gasteiger charge is 2.55. The first-order valence-electron chi connectivity index (χ1n) is 8.09. The third-order valence-corrected chi connectivity index (χ3v) is 5.38. The largest absolute Gasteiger partial charge is 0.496 e. The summed E-state index contributed by atoms with van der Waals surface area (Å²) in [5.41, 5.74) is 6.84. The van der Waals surface area contributed by atoms with Crippen LogP contribution in [0.1, 0.15) is 38.7 Å². The molecule has 1 unspecified atom stereocenters. The number of likely N-dealkylation sites (tertiary alicyclic amines) is 1. The first-order valence-corrected chi connectivity index (χ1v) is 8.09. The Morgan fingerprint density at radius 1 is 1.32 bits per heavy atom. The molecule has 2 aliphatic rings. The van der Waals surface area contributed by atoms with Gasteiger partial charge < -0.3 is 15.4 Å². The molecule has 2 N–H and O–H groups in total. The first kappa shape index (κ1) is 15.3. The molecule has 1 amide bonds. The molecule has 2 fully saturated rings. The van der Waals surface area contributed by atoms with Crippen LogP contribution in [0.2, 0.25) is 0 Å². The Kier molecular flexibility index (Phi) is 3.68. The van der Waals surface area contributed by atoms with Gasteiger partial charge in [-0.25, -0.2) is 0 Å². The van der Waals surface area contributed by atoms with Crippen LogP contribution >= 0.6 is 0 Å². The molecule has 22 heavy (non-hydrogen) atoms. The van der Waals surface area contributed by atoms with E-state index in [0.717, 1.165) is 43.7 Å². The minimum absolute atomic E-state index is 0.0231. The quantitative estimate of drug-likeness (QED) is 0.932. The van der Waals surface area contributed by atoms with Gasteiger partial charge in [0.2, 0.25) is 5.91 Å². The fourth-order valence-corrected chi connectivity index (χ4v) is 3.61. The van der Waals surface area contributed by atoms with Crippen molar-refractivity contribution < 1.29 is 9.53 Å². The van der Waals surface area contributed by atoms with Crippen molar-refractivity contribution in [3.63, 3.8) is 0 Å². The van der Waals surface area contributed by atoms with Gasteiger partial charge in [-0.3, -0.25) is 4.79 Å². The summed E-state index contributed by atoms with van der Waals surface area (Å²) >= 11 is 0. The van der Waals surface area contributed by atoms with Crippen LogP contribution in [0, 0.1) is 5.41 Å². The number of amides is 1. The van der Waals surface area contributed by atoms with Crippen LogP contribution in [0.5, 0.6) is 5.75 Å². The number of ether oxygens (including phenoxy) is 1. The van der Waals surface area contributed by atoms with E-state index in [4.69, 9.17) is 10.5 Å². The Morgan fingerprint density at radius 3 is 2.59 bits per heavy atom. The number of nitrogens with zero attached hydrogens (tertiary/aromatic N) is 1. The van der Waals surface area contributed by atoms with Crippen LogP contribution in [0.25, 0.3) is 0 Å². The van der Waals surface area contributed by atoms with Crippen molar-refractivity contribution in [3.05, 3.63) is 29.8 Å². The molecule has 1 heterocycles. The number of piperidine rings is 1. The van der Waals surface area contributed by atoms with Gasteiger partial charge in [0.05, 0.1) is 12.5 Å². The fraction of sp³-hybridized carbons (Fsp3) is 0.611. The molecule has 1 atom stereocenters. The number of benzene rings is 1. The van der Waals surface area contributed by atoms with E-state index in [2.05, 4.69) is 13.8 Å². The average Bonchev–Trinajstić information content (AvgIpc) is 3.31. The van der Waals surface area contributed by atoms with Crippen LogP contribution in [-0.4, -0.2) is 37.0 Å². The van der Waals surface area contributed by atoms with Gasteiger partial charge in [0.15, 0.2) is 0 Å². The Hall–Kier alpha value is -1.55. The third-order valence-electron chi connectivity index (χ3n) is 5.38. The molecule has 120 valence electrons. The highest BCUT2D eigenvalue weighted by Crippen LogP contribution is 2.53. The standard InChI is InChI=1S/C18H26N2O2/c1-17(2)12-20(11-8-15(17)19)16(21)18(9-10-18)13-6-4-5-7-14(13)22-3/h4-7,15H,8-12,19H2,1-3H3. The van der Waals surface area contributed by atoms with Gasteiger partial charge in [-0.2, -0.15) is 0 Å². The van der Waals surface area contributed by atoms with Gasteiger partial charge in [-0.15, -0.1) is 0 Å². The second-order valence-corrected chi connectivity index (χ2v) is 7.39. The summed E-state index contributed by atoms with van der Waals surface area (Å²) in [5.74, 6) is 1.07. The van der Waals surface area contributed by atoms with Crippen molar-refractivity contribution in [2.24, 2.45) is 11.1 Å². The number of hydrogen-bond acceptors (Lipinski definition) is 3. The van der Waals surface area contributed by atoms with Crippen LogP contribution in [0.15, 0.2) is 24.3 Å². The van der Waals surface area contributed by atoms with Crippen molar-refractivity contribution in [3.8, 4) is 5.75 Å². The third kappa shape index (κ3) is 2.39. The summed E-state index contributed by atoms with van der Waals surface area (Å²) in [6, 6.07) is 8.08. The lowest BCUT2D eigenvalue weighted by Crippen LogP contribution is -2.55. The second-order valence-electron chi connectivity index (χ2n) is 7.39. The molecule has 1 aliphatic heterocycles. The van der Waals surface area contributed by atoms with Gasteiger partial charge in [-0.05, 0) is 30.7 Å². The zero-order valence-electron chi connectivity index (χ0n) is 13.8. The minimum Gasteiger partial charge on any atom is -0.496 e. The monoisotopic (exact) mass is 302 g/mol. The van der Waals surface area contributed by atoms with E-state index in [-0.39, 0.29) is 22.8 Å². The summed E-state index contributed by atoms with van der Waals surface area (Å²) < 4.78 is 5.48. The molecule has 0 aromatic heterocycles. The minimum atomic E-state index is -0.371. The Bertz CT molecular complexity index is 578. The molecule has 0 bridgehead atoms. The smallest absolute Gasteiger partial charge is 0.233 e. The maximum atomic E-state index is 13.2.